The van der Waals surface area contributed by atoms with Crippen molar-refractivity contribution in [2.75, 3.05) is 0 Å². The Kier molecular flexibility index (Phi) is 8.15. The van der Waals surface area contributed by atoms with Crippen molar-refractivity contribution in [1.29, 1.82) is 0 Å². The second-order valence-electron chi connectivity index (χ2n) is 9.34. The second kappa shape index (κ2) is 10.6. The first-order valence-corrected chi connectivity index (χ1v) is 11.6. The molecule has 0 spiro atoms. The van der Waals surface area contributed by atoms with E-state index in [-0.39, 0.29) is 0 Å². The van der Waals surface area contributed by atoms with Gasteiger partial charge in [0.1, 0.15) is 0 Å². The van der Waals surface area contributed by atoms with Gasteiger partial charge in [-0.05, 0) is 79.9 Å². The van der Waals surface area contributed by atoms with Gasteiger partial charge >= 0.3 is 0 Å². The maximum atomic E-state index is 13.3. The largest absolute Gasteiger partial charge is 0.204 e. The van der Waals surface area contributed by atoms with Gasteiger partial charge in [0, 0.05) is 0 Å². The van der Waals surface area contributed by atoms with Gasteiger partial charge in [0.05, 0.1) is 0 Å². The van der Waals surface area contributed by atoms with Crippen LogP contribution in [0, 0.1) is 35.3 Å². The lowest BCUT2D eigenvalue weighted by atomic mass is 9.68. The average Bonchev–Trinajstić information content (AvgIpc) is 2.70. The molecule has 0 saturated heterocycles. The van der Waals surface area contributed by atoms with Gasteiger partial charge in [-0.25, -0.2) is 8.78 Å². The first kappa shape index (κ1) is 20.8. The molecule has 2 fully saturated rings. The number of unbranched alkanes of at least 4 members (excludes halogenated alkanes) is 2. The van der Waals surface area contributed by atoms with Gasteiger partial charge < -0.3 is 0 Å². The van der Waals surface area contributed by atoms with E-state index in [1.165, 1.54) is 89.2 Å². The van der Waals surface area contributed by atoms with Gasteiger partial charge in [0.15, 0.2) is 11.6 Å². The minimum atomic E-state index is -0.737. The van der Waals surface area contributed by atoms with Crippen LogP contribution in [-0.2, 0) is 6.42 Å². The summed E-state index contributed by atoms with van der Waals surface area (Å²) in [5.41, 5.74) is 0.942. The summed E-state index contributed by atoms with van der Waals surface area (Å²) in [5.74, 6) is 2.29. The topological polar surface area (TPSA) is 0 Å². The lowest BCUT2D eigenvalue weighted by Crippen LogP contribution is -2.26. The molecule has 2 aliphatic carbocycles. The van der Waals surface area contributed by atoms with Crippen LogP contribution in [0.25, 0.3) is 0 Å². The van der Waals surface area contributed by atoms with Crippen LogP contribution >= 0.6 is 0 Å². The molecule has 0 aromatic heterocycles. The zero-order valence-corrected chi connectivity index (χ0v) is 17.2. The Balaban J connectivity index is 1.34. The summed E-state index contributed by atoms with van der Waals surface area (Å²) >= 11 is 0. The highest BCUT2D eigenvalue weighted by Gasteiger charge is 2.30. The fraction of sp³-hybridized carbons (Fsp3) is 0.760. The van der Waals surface area contributed by atoms with Crippen LogP contribution in [0.1, 0.15) is 96.0 Å². The smallest absolute Gasteiger partial charge is 0.159 e. The molecule has 0 N–H and O–H groups in total. The molecule has 0 heterocycles. The van der Waals surface area contributed by atoms with E-state index in [1.54, 1.807) is 6.07 Å². The van der Waals surface area contributed by atoms with E-state index in [9.17, 15) is 8.78 Å². The van der Waals surface area contributed by atoms with Gasteiger partial charge in [-0.15, -0.1) is 0 Å². The first-order valence-electron chi connectivity index (χ1n) is 11.6. The monoisotopic (exact) mass is 376 g/mol. The zero-order valence-electron chi connectivity index (χ0n) is 17.2. The second-order valence-corrected chi connectivity index (χ2v) is 9.34. The average molecular weight is 377 g/mol. The normalized spacial score (nSPS) is 29.0. The summed E-state index contributed by atoms with van der Waals surface area (Å²) in [5, 5.41) is 0. The zero-order chi connectivity index (χ0) is 19.1. The molecule has 0 aliphatic heterocycles. The quantitative estimate of drug-likeness (QED) is 0.402. The molecule has 0 nitrogen and oxygen atoms in total. The Labute approximate surface area is 165 Å². The van der Waals surface area contributed by atoms with E-state index in [4.69, 9.17) is 0 Å². The summed E-state index contributed by atoms with van der Waals surface area (Å²) in [4.78, 5) is 0. The summed E-state index contributed by atoms with van der Waals surface area (Å²) < 4.78 is 26.4. The molecule has 2 heteroatoms. The van der Waals surface area contributed by atoms with Crippen molar-refractivity contribution in [2.45, 2.75) is 96.8 Å². The molecule has 0 radical (unpaired) electrons. The molecule has 152 valence electrons. The SMILES string of the molecule is CCCCCC1CCC(C2CCC(CCc3ccc(F)c(F)c3)CC2)CC1. The van der Waals surface area contributed by atoms with Gasteiger partial charge in [0.25, 0.3) is 0 Å². The van der Waals surface area contributed by atoms with E-state index < -0.39 is 11.6 Å². The van der Waals surface area contributed by atoms with E-state index in [1.807, 2.05) is 0 Å². The van der Waals surface area contributed by atoms with Gasteiger partial charge in [-0.2, -0.15) is 0 Å². The van der Waals surface area contributed by atoms with Crippen LogP contribution in [0.2, 0.25) is 0 Å². The third kappa shape index (κ3) is 6.29. The van der Waals surface area contributed by atoms with Crippen LogP contribution in [0.4, 0.5) is 8.78 Å². The highest BCUT2D eigenvalue weighted by Crippen LogP contribution is 2.43. The Morgan fingerprint density at radius 3 is 1.89 bits per heavy atom. The first-order chi connectivity index (χ1) is 13.2. The number of benzene rings is 1. The Hall–Kier alpha value is -0.920. The minimum absolute atomic E-state index is 0.707. The number of rotatable bonds is 8. The molecule has 2 aliphatic rings. The highest BCUT2D eigenvalue weighted by molar-refractivity contribution is 5.17. The molecule has 3 rings (SSSR count). The van der Waals surface area contributed by atoms with Gasteiger partial charge in [-0.3, -0.25) is 0 Å². The number of halogens is 2. The van der Waals surface area contributed by atoms with Crippen molar-refractivity contribution in [2.24, 2.45) is 23.7 Å². The molecular weight excluding hydrogens is 338 g/mol. The van der Waals surface area contributed by atoms with Crippen LogP contribution in [-0.4, -0.2) is 0 Å². The standard InChI is InChI=1S/C25H38F2/c1-2-3-4-5-19-8-13-22(14-9-19)23-15-10-20(11-16-23)6-7-21-12-17-24(26)25(27)18-21/h12,17-20,22-23H,2-11,13-16H2,1H3. The number of hydrogen-bond acceptors (Lipinski definition) is 0. The molecule has 0 bridgehead atoms. The van der Waals surface area contributed by atoms with E-state index in [2.05, 4.69) is 6.92 Å². The molecule has 1 aromatic rings. The third-order valence-electron chi connectivity index (χ3n) is 7.49. The fourth-order valence-corrected chi connectivity index (χ4v) is 5.65. The maximum Gasteiger partial charge on any atom is 0.159 e. The molecule has 1 aromatic carbocycles. The van der Waals surface area contributed by atoms with Crippen LogP contribution in [0.15, 0.2) is 18.2 Å². The lowest BCUT2D eigenvalue weighted by Gasteiger charge is -2.38. The summed E-state index contributed by atoms with van der Waals surface area (Å²) in [6.07, 6.45) is 19.0. The van der Waals surface area contributed by atoms with Crippen molar-refractivity contribution in [3.63, 3.8) is 0 Å². The van der Waals surface area contributed by atoms with E-state index >= 15 is 0 Å². The minimum Gasteiger partial charge on any atom is -0.204 e. The molecule has 0 atom stereocenters. The van der Waals surface area contributed by atoms with Crippen LogP contribution in [0.3, 0.4) is 0 Å². The van der Waals surface area contributed by atoms with Gasteiger partial charge in [-0.1, -0.05) is 64.4 Å². The molecule has 27 heavy (non-hydrogen) atoms. The number of hydrogen-bond donors (Lipinski definition) is 0. The molecule has 0 unspecified atom stereocenters. The number of aryl methyl sites for hydroxylation is 1. The fourth-order valence-electron chi connectivity index (χ4n) is 5.65. The summed E-state index contributed by atoms with van der Waals surface area (Å²) in [6, 6.07) is 4.38. The molecular formula is C25H38F2. The van der Waals surface area contributed by atoms with Crippen molar-refractivity contribution < 1.29 is 8.78 Å². The molecule has 2 saturated carbocycles. The Morgan fingerprint density at radius 1 is 0.741 bits per heavy atom. The Bertz CT molecular complexity index is 551. The van der Waals surface area contributed by atoms with Crippen LogP contribution in [0.5, 0.6) is 0 Å². The summed E-state index contributed by atoms with van der Waals surface area (Å²) in [7, 11) is 0. The Morgan fingerprint density at radius 2 is 1.33 bits per heavy atom. The van der Waals surface area contributed by atoms with Gasteiger partial charge in [0.2, 0.25) is 0 Å². The highest BCUT2D eigenvalue weighted by atomic mass is 19.2. The van der Waals surface area contributed by atoms with Crippen molar-refractivity contribution >= 4 is 0 Å². The van der Waals surface area contributed by atoms with E-state index in [0.29, 0.717) is 0 Å². The predicted molar refractivity (Wildman–Crippen MR) is 110 cm³/mol. The molecule has 0 amide bonds. The maximum absolute atomic E-state index is 13.3. The van der Waals surface area contributed by atoms with Crippen molar-refractivity contribution in [1.82, 2.24) is 0 Å². The summed E-state index contributed by atoms with van der Waals surface area (Å²) in [6.45, 7) is 2.30. The van der Waals surface area contributed by atoms with Crippen molar-refractivity contribution in [3.8, 4) is 0 Å². The van der Waals surface area contributed by atoms with Crippen LogP contribution < -0.4 is 0 Å². The predicted octanol–water partition coefficient (Wildman–Crippen LogP) is 8.09. The lowest BCUT2D eigenvalue weighted by molar-refractivity contribution is 0.140. The third-order valence-corrected chi connectivity index (χ3v) is 7.49. The van der Waals surface area contributed by atoms with Crippen molar-refractivity contribution in [3.05, 3.63) is 35.4 Å². The van der Waals surface area contributed by atoms with E-state index in [0.717, 1.165) is 42.1 Å².